The van der Waals surface area contributed by atoms with Gasteiger partial charge in [0, 0.05) is 25.8 Å². The van der Waals surface area contributed by atoms with Gasteiger partial charge in [-0.15, -0.1) is 0 Å². The Balaban J connectivity index is 1.70. The monoisotopic (exact) mass is 263 g/mol. The van der Waals surface area contributed by atoms with E-state index in [0.29, 0.717) is 6.04 Å². The summed E-state index contributed by atoms with van der Waals surface area (Å²) >= 11 is 0. The second kappa shape index (κ2) is 7.16. The van der Waals surface area contributed by atoms with Gasteiger partial charge in [-0.3, -0.25) is 9.67 Å². The highest BCUT2D eigenvalue weighted by atomic mass is 15.3. The predicted molar refractivity (Wildman–Crippen MR) is 78.3 cm³/mol. The fourth-order valence-electron chi connectivity index (χ4n) is 2.51. The molecule has 1 aromatic rings. The lowest BCUT2D eigenvalue weighted by Gasteiger charge is -2.24. The summed E-state index contributed by atoms with van der Waals surface area (Å²) < 4.78 is 1.95. The lowest BCUT2D eigenvalue weighted by Crippen LogP contribution is -2.45. The van der Waals surface area contributed by atoms with Gasteiger partial charge in [-0.05, 0) is 25.3 Å². The van der Waals surface area contributed by atoms with Crippen LogP contribution in [-0.4, -0.2) is 35.4 Å². The average molecular weight is 263 g/mol. The summed E-state index contributed by atoms with van der Waals surface area (Å²) in [5.74, 6) is 0.913. The third kappa shape index (κ3) is 4.58. The van der Waals surface area contributed by atoms with Crippen molar-refractivity contribution in [2.75, 3.05) is 13.6 Å². The summed E-state index contributed by atoms with van der Waals surface area (Å²) in [4.78, 5) is 4.28. The summed E-state index contributed by atoms with van der Waals surface area (Å²) in [5.41, 5.74) is 1.20. The maximum Gasteiger partial charge on any atom is 0.191 e. The predicted octanol–water partition coefficient (Wildman–Crippen LogP) is 1.69. The molecular formula is C14H25N5. The molecule has 0 aromatic carbocycles. The van der Waals surface area contributed by atoms with Crippen LogP contribution in [0, 0.1) is 6.92 Å². The Morgan fingerprint density at radius 1 is 1.42 bits per heavy atom. The van der Waals surface area contributed by atoms with Crippen molar-refractivity contribution in [3.8, 4) is 0 Å². The van der Waals surface area contributed by atoms with Crippen molar-refractivity contribution in [2.24, 2.45) is 4.99 Å². The van der Waals surface area contributed by atoms with Crippen molar-refractivity contribution < 1.29 is 0 Å². The zero-order valence-corrected chi connectivity index (χ0v) is 12.0. The van der Waals surface area contributed by atoms with E-state index in [1.54, 1.807) is 0 Å². The van der Waals surface area contributed by atoms with Gasteiger partial charge in [0.1, 0.15) is 0 Å². The van der Waals surface area contributed by atoms with E-state index in [0.717, 1.165) is 19.0 Å². The Morgan fingerprint density at radius 2 is 2.21 bits per heavy atom. The minimum absolute atomic E-state index is 0.590. The molecule has 0 unspecified atom stereocenters. The first-order valence-corrected chi connectivity index (χ1v) is 7.24. The topological polar surface area (TPSA) is 54.2 Å². The number of guanidine groups is 1. The minimum Gasteiger partial charge on any atom is -0.355 e. The Kier molecular flexibility index (Phi) is 5.24. The standard InChI is InChI=1S/C14H25N5/c1-12-10-17-19(11-12)9-8-16-14(15-2)18-13-6-4-3-5-7-13/h10-11,13H,3-9H2,1-2H3,(H2,15,16,18). The minimum atomic E-state index is 0.590. The molecule has 106 valence electrons. The number of nitrogens with zero attached hydrogens (tertiary/aromatic N) is 3. The molecule has 0 spiro atoms. The Bertz CT molecular complexity index is 404. The number of aromatic nitrogens is 2. The molecule has 1 saturated carbocycles. The molecule has 1 aliphatic rings. The fraction of sp³-hybridized carbons (Fsp3) is 0.714. The molecular weight excluding hydrogens is 238 g/mol. The van der Waals surface area contributed by atoms with E-state index >= 15 is 0 Å². The molecule has 5 nitrogen and oxygen atoms in total. The van der Waals surface area contributed by atoms with Crippen LogP contribution in [0.1, 0.15) is 37.7 Å². The Labute approximate surface area is 115 Å². The molecule has 1 heterocycles. The van der Waals surface area contributed by atoms with Gasteiger partial charge in [0.25, 0.3) is 0 Å². The lowest BCUT2D eigenvalue weighted by molar-refractivity contribution is 0.409. The first-order chi connectivity index (χ1) is 9.28. The molecule has 0 saturated heterocycles. The number of rotatable bonds is 4. The second-order valence-electron chi connectivity index (χ2n) is 5.26. The molecule has 1 fully saturated rings. The number of aryl methyl sites for hydroxylation is 1. The highest BCUT2D eigenvalue weighted by molar-refractivity contribution is 5.79. The van der Waals surface area contributed by atoms with Crippen LogP contribution >= 0.6 is 0 Å². The van der Waals surface area contributed by atoms with Gasteiger partial charge >= 0.3 is 0 Å². The Hall–Kier alpha value is -1.52. The van der Waals surface area contributed by atoms with Crippen LogP contribution in [0.3, 0.4) is 0 Å². The maximum atomic E-state index is 4.28. The van der Waals surface area contributed by atoms with E-state index in [1.165, 1.54) is 37.7 Å². The molecule has 1 aromatic heterocycles. The third-order valence-electron chi connectivity index (χ3n) is 3.57. The largest absolute Gasteiger partial charge is 0.355 e. The van der Waals surface area contributed by atoms with E-state index in [2.05, 4.69) is 33.8 Å². The van der Waals surface area contributed by atoms with Gasteiger partial charge in [-0.2, -0.15) is 5.10 Å². The van der Waals surface area contributed by atoms with Crippen molar-refractivity contribution in [3.63, 3.8) is 0 Å². The van der Waals surface area contributed by atoms with Crippen LogP contribution in [0.4, 0.5) is 0 Å². The third-order valence-corrected chi connectivity index (χ3v) is 3.57. The highest BCUT2D eigenvalue weighted by Gasteiger charge is 2.14. The van der Waals surface area contributed by atoms with E-state index in [-0.39, 0.29) is 0 Å². The van der Waals surface area contributed by atoms with E-state index in [1.807, 2.05) is 17.9 Å². The van der Waals surface area contributed by atoms with Crippen molar-refractivity contribution in [3.05, 3.63) is 18.0 Å². The summed E-state index contributed by atoms with van der Waals surface area (Å²) in [5, 5.41) is 11.1. The fourth-order valence-corrected chi connectivity index (χ4v) is 2.51. The van der Waals surface area contributed by atoms with Crippen LogP contribution in [0.15, 0.2) is 17.4 Å². The zero-order chi connectivity index (χ0) is 13.5. The lowest BCUT2D eigenvalue weighted by atomic mass is 9.96. The Morgan fingerprint density at radius 3 is 2.84 bits per heavy atom. The van der Waals surface area contributed by atoms with Crippen LogP contribution in [0.2, 0.25) is 0 Å². The van der Waals surface area contributed by atoms with Gasteiger partial charge < -0.3 is 10.6 Å². The molecule has 0 amide bonds. The van der Waals surface area contributed by atoms with Crippen LogP contribution < -0.4 is 10.6 Å². The van der Waals surface area contributed by atoms with Gasteiger partial charge in [-0.25, -0.2) is 0 Å². The van der Waals surface area contributed by atoms with Gasteiger partial charge in [-0.1, -0.05) is 19.3 Å². The van der Waals surface area contributed by atoms with Crippen LogP contribution in [0.5, 0.6) is 0 Å². The quantitative estimate of drug-likeness (QED) is 0.642. The van der Waals surface area contributed by atoms with Crippen molar-refractivity contribution in [1.82, 2.24) is 20.4 Å². The van der Waals surface area contributed by atoms with E-state index in [4.69, 9.17) is 0 Å². The number of aliphatic imine (C=N–C) groups is 1. The molecule has 0 atom stereocenters. The molecule has 0 bridgehead atoms. The zero-order valence-electron chi connectivity index (χ0n) is 12.0. The van der Waals surface area contributed by atoms with Gasteiger partial charge in [0.2, 0.25) is 0 Å². The highest BCUT2D eigenvalue weighted by Crippen LogP contribution is 2.17. The average Bonchev–Trinajstić information content (AvgIpc) is 2.84. The maximum absolute atomic E-state index is 4.28. The summed E-state index contributed by atoms with van der Waals surface area (Å²) in [6.07, 6.45) is 10.5. The smallest absolute Gasteiger partial charge is 0.191 e. The molecule has 5 heteroatoms. The SMILES string of the molecule is CN=C(NCCn1cc(C)cn1)NC1CCCCC1. The summed E-state index contributed by atoms with van der Waals surface area (Å²) in [6, 6.07) is 0.590. The van der Waals surface area contributed by atoms with Gasteiger partial charge in [0.05, 0.1) is 12.7 Å². The van der Waals surface area contributed by atoms with Crippen molar-refractivity contribution in [2.45, 2.75) is 51.6 Å². The van der Waals surface area contributed by atoms with Crippen LogP contribution in [-0.2, 0) is 6.54 Å². The van der Waals surface area contributed by atoms with E-state index < -0.39 is 0 Å². The number of nitrogens with one attached hydrogen (secondary N) is 2. The molecule has 1 aliphatic carbocycles. The summed E-state index contributed by atoms with van der Waals surface area (Å²) in [7, 11) is 1.83. The van der Waals surface area contributed by atoms with Gasteiger partial charge in [0.15, 0.2) is 5.96 Å². The number of hydrogen-bond acceptors (Lipinski definition) is 2. The first kappa shape index (κ1) is 13.9. The normalized spacial score (nSPS) is 17.5. The van der Waals surface area contributed by atoms with E-state index in [9.17, 15) is 0 Å². The van der Waals surface area contributed by atoms with Crippen molar-refractivity contribution >= 4 is 5.96 Å². The molecule has 0 aliphatic heterocycles. The van der Waals surface area contributed by atoms with Crippen LogP contribution in [0.25, 0.3) is 0 Å². The number of hydrogen-bond donors (Lipinski definition) is 2. The molecule has 2 N–H and O–H groups in total. The molecule has 19 heavy (non-hydrogen) atoms. The summed E-state index contributed by atoms with van der Waals surface area (Å²) in [6.45, 7) is 3.76. The first-order valence-electron chi connectivity index (χ1n) is 7.24. The molecule has 0 radical (unpaired) electrons. The second-order valence-corrected chi connectivity index (χ2v) is 5.26. The molecule has 2 rings (SSSR count). The van der Waals surface area contributed by atoms with Crippen molar-refractivity contribution in [1.29, 1.82) is 0 Å².